The van der Waals surface area contributed by atoms with Gasteiger partial charge in [0.1, 0.15) is 11.5 Å². The molecule has 0 fully saturated rings. The summed E-state index contributed by atoms with van der Waals surface area (Å²) in [6.07, 6.45) is 1.55. The lowest BCUT2D eigenvalue weighted by atomic mass is 10.1. The Bertz CT molecular complexity index is 626. The molecule has 0 aliphatic heterocycles. The number of carbonyl (C=O) groups is 1. The first-order chi connectivity index (χ1) is 8.88. The molecule has 0 atom stereocenters. The number of hydrogen-bond acceptors (Lipinski definition) is 1. The van der Waals surface area contributed by atoms with E-state index in [1.165, 1.54) is 10.6 Å². The molecule has 1 aromatic heterocycles. The third-order valence-electron chi connectivity index (χ3n) is 2.93. The Morgan fingerprint density at radius 3 is 2.42 bits per heavy atom. The summed E-state index contributed by atoms with van der Waals surface area (Å²) in [7, 11) is 0. The molecule has 2 aromatic rings. The smallest absolute Gasteiger partial charge is 0.352 e. The summed E-state index contributed by atoms with van der Waals surface area (Å²) < 4.78 is 15.1. The Morgan fingerprint density at radius 1 is 1.32 bits per heavy atom. The topological polar surface area (TPSA) is 42.2 Å². The molecule has 0 spiro atoms. The maximum absolute atomic E-state index is 13.5. The highest BCUT2D eigenvalue weighted by molar-refractivity contribution is 6.30. The zero-order valence-corrected chi connectivity index (χ0v) is 11.3. The van der Waals surface area contributed by atoms with Crippen LogP contribution in [0, 0.1) is 19.7 Å². The Balaban J connectivity index is 2.39. The molecule has 0 aliphatic carbocycles. The summed E-state index contributed by atoms with van der Waals surface area (Å²) in [6, 6.07) is 4.82. The first-order valence-electron chi connectivity index (χ1n) is 5.73. The van der Waals surface area contributed by atoms with Crippen molar-refractivity contribution in [2.24, 2.45) is 0 Å². The fourth-order valence-electron chi connectivity index (χ4n) is 2.11. The highest BCUT2D eigenvalue weighted by Gasteiger charge is 2.13. The molecule has 19 heavy (non-hydrogen) atoms. The molecule has 0 bridgehead atoms. The van der Waals surface area contributed by atoms with Crippen molar-refractivity contribution in [3.8, 4) is 0 Å². The normalized spacial score (nSPS) is 10.7. The molecule has 0 radical (unpaired) electrons. The molecule has 2 rings (SSSR count). The Hall–Kier alpha value is -1.81. The van der Waals surface area contributed by atoms with Crippen LogP contribution >= 0.6 is 11.6 Å². The third-order valence-corrected chi connectivity index (χ3v) is 3.14. The SMILES string of the molecule is Cc1cc(Cn2cc(Cl)cc2C(=O)O)cc(C)c1F. The largest absolute Gasteiger partial charge is 0.477 e. The molecule has 5 heteroatoms. The number of benzene rings is 1. The summed E-state index contributed by atoms with van der Waals surface area (Å²) in [5, 5.41) is 9.44. The average molecular weight is 282 g/mol. The van der Waals surface area contributed by atoms with Crippen LogP contribution < -0.4 is 0 Å². The Morgan fingerprint density at radius 2 is 1.89 bits per heavy atom. The minimum absolute atomic E-state index is 0.115. The van der Waals surface area contributed by atoms with E-state index in [-0.39, 0.29) is 11.5 Å². The lowest BCUT2D eigenvalue weighted by Gasteiger charge is -2.09. The molecule has 1 aromatic carbocycles. The van der Waals surface area contributed by atoms with E-state index in [0.717, 1.165) is 5.56 Å². The van der Waals surface area contributed by atoms with E-state index in [0.29, 0.717) is 22.7 Å². The van der Waals surface area contributed by atoms with Gasteiger partial charge in [-0.25, -0.2) is 9.18 Å². The van der Waals surface area contributed by atoms with Gasteiger partial charge in [0.15, 0.2) is 0 Å². The van der Waals surface area contributed by atoms with Crippen LogP contribution in [0.2, 0.25) is 5.02 Å². The van der Waals surface area contributed by atoms with E-state index < -0.39 is 5.97 Å². The van der Waals surface area contributed by atoms with Crippen LogP contribution in [0.25, 0.3) is 0 Å². The predicted molar refractivity (Wildman–Crippen MR) is 71.4 cm³/mol. The standard InChI is InChI=1S/C14H13ClFNO2/c1-8-3-10(4-9(2)13(8)16)6-17-7-11(15)5-12(17)14(18)19/h3-5,7H,6H2,1-2H3,(H,18,19). The average Bonchev–Trinajstić information content (AvgIpc) is 2.67. The molecule has 0 amide bonds. The highest BCUT2D eigenvalue weighted by Crippen LogP contribution is 2.19. The van der Waals surface area contributed by atoms with Gasteiger partial charge in [-0.15, -0.1) is 0 Å². The summed E-state index contributed by atoms with van der Waals surface area (Å²) in [5.74, 6) is -1.27. The Labute approximate surface area is 115 Å². The second kappa shape index (κ2) is 5.05. The molecule has 1 N–H and O–H groups in total. The fraction of sp³-hybridized carbons (Fsp3) is 0.214. The monoisotopic (exact) mass is 281 g/mol. The predicted octanol–water partition coefficient (Wildman–Crippen LogP) is 3.64. The number of carboxylic acids is 1. The van der Waals surface area contributed by atoms with Gasteiger partial charge < -0.3 is 9.67 Å². The highest BCUT2D eigenvalue weighted by atomic mass is 35.5. The van der Waals surface area contributed by atoms with Gasteiger partial charge in [-0.1, -0.05) is 23.7 Å². The molecular weight excluding hydrogens is 269 g/mol. The summed E-state index contributed by atoms with van der Waals surface area (Å²) in [4.78, 5) is 11.1. The van der Waals surface area contributed by atoms with Crippen molar-refractivity contribution in [3.05, 3.63) is 57.6 Å². The van der Waals surface area contributed by atoms with E-state index in [1.54, 1.807) is 32.2 Å². The van der Waals surface area contributed by atoms with Crippen LogP contribution in [0.4, 0.5) is 4.39 Å². The van der Waals surface area contributed by atoms with Crippen molar-refractivity contribution in [1.29, 1.82) is 0 Å². The lowest BCUT2D eigenvalue weighted by Crippen LogP contribution is -2.09. The molecule has 1 heterocycles. The van der Waals surface area contributed by atoms with Crippen LogP contribution in [0.5, 0.6) is 0 Å². The van der Waals surface area contributed by atoms with Gasteiger partial charge in [0.05, 0.1) is 5.02 Å². The van der Waals surface area contributed by atoms with Gasteiger partial charge >= 0.3 is 5.97 Å². The second-order valence-corrected chi connectivity index (χ2v) is 4.96. The van der Waals surface area contributed by atoms with Gasteiger partial charge in [-0.3, -0.25) is 0 Å². The van der Waals surface area contributed by atoms with Crippen LogP contribution in [0.1, 0.15) is 27.2 Å². The summed E-state index contributed by atoms with van der Waals surface area (Å²) >= 11 is 5.82. The number of aromatic carboxylic acids is 1. The first kappa shape index (κ1) is 13.6. The van der Waals surface area contributed by atoms with E-state index >= 15 is 0 Å². The molecular formula is C14H13ClFNO2. The van der Waals surface area contributed by atoms with E-state index in [9.17, 15) is 9.18 Å². The minimum atomic E-state index is -1.04. The second-order valence-electron chi connectivity index (χ2n) is 4.52. The molecule has 0 unspecified atom stereocenters. The van der Waals surface area contributed by atoms with Crippen LogP contribution in [0.15, 0.2) is 24.4 Å². The molecule has 0 saturated carbocycles. The van der Waals surface area contributed by atoms with Crippen molar-refractivity contribution in [1.82, 2.24) is 4.57 Å². The van der Waals surface area contributed by atoms with E-state index in [2.05, 4.69) is 0 Å². The quantitative estimate of drug-likeness (QED) is 0.933. The van der Waals surface area contributed by atoms with Gasteiger partial charge in [-0.2, -0.15) is 0 Å². The van der Waals surface area contributed by atoms with Gasteiger partial charge in [-0.05, 0) is 36.6 Å². The number of nitrogens with zero attached hydrogens (tertiary/aromatic N) is 1. The van der Waals surface area contributed by atoms with Crippen molar-refractivity contribution >= 4 is 17.6 Å². The number of hydrogen-bond donors (Lipinski definition) is 1. The number of aromatic nitrogens is 1. The fourth-order valence-corrected chi connectivity index (χ4v) is 2.33. The summed E-state index contributed by atoms with van der Waals surface area (Å²) in [5.41, 5.74) is 2.05. The number of aryl methyl sites for hydroxylation is 2. The molecule has 100 valence electrons. The van der Waals surface area contributed by atoms with Crippen LogP contribution in [-0.2, 0) is 6.54 Å². The van der Waals surface area contributed by atoms with Crippen molar-refractivity contribution in [2.75, 3.05) is 0 Å². The molecule has 3 nitrogen and oxygen atoms in total. The Kier molecular flexibility index (Phi) is 3.62. The third kappa shape index (κ3) is 2.79. The first-order valence-corrected chi connectivity index (χ1v) is 6.11. The van der Waals surface area contributed by atoms with Crippen LogP contribution in [0.3, 0.4) is 0 Å². The lowest BCUT2D eigenvalue weighted by molar-refractivity contribution is 0.0685. The van der Waals surface area contributed by atoms with Gasteiger partial charge in [0, 0.05) is 12.7 Å². The van der Waals surface area contributed by atoms with Crippen molar-refractivity contribution < 1.29 is 14.3 Å². The maximum atomic E-state index is 13.5. The van der Waals surface area contributed by atoms with Gasteiger partial charge in [0.2, 0.25) is 0 Å². The maximum Gasteiger partial charge on any atom is 0.352 e. The minimum Gasteiger partial charge on any atom is -0.477 e. The zero-order chi connectivity index (χ0) is 14.2. The molecule has 0 aliphatic rings. The van der Waals surface area contributed by atoms with Crippen molar-refractivity contribution in [3.63, 3.8) is 0 Å². The zero-order valence-electron chi connectivity index (χ0n) is 10.6. The van der Waals surface area contributed by atoms with Gasteiger partial charge in [0.25, 0.3) is 0 Å². The molecule has 0 saturated heterocycles. The number of rotatable bonds is 3. The number of halogens is 2. The van der Waals surface area contributed by atoms with Crippen LogP contribution in [-0.4, -0.2) is 15.6 Å². The summed E-state index contributed by atoms with van der Waals surface area (Å²) in [6.45, 7) is 3.72. The van der Waals surface area contributed by atoms with Crippen molar-refractivity contribution in [2.45, 2.75) is 20.4 Å². The van der Waals surface area contributed by atoms with E-state index in [1.807, 2.05) is 0 Å². The van der Waals surface area contributed by atoms with E-state index in [4.69, 9.17) is 16.7 Å². The number of carboxylic acid groups (broad SMARTS) is 1.